The zero-order valence-corrected chi connectivity index (χ0v) is 16.3. The smallest absolute Gasteiger partial charge is 0.191 e. The molecule has 0 radical (unpaired) electrons. The lowest BCUT2D eigenvalue weighted by Crippen LogP contribution is -2.49. The average molecular weight is 347 g/mol. The van der Waals surface area contributed by atoms with Crippen molar-refractivity contribution in [3.8, 4) is 5.75 Å². The predicted molar refractivity (Wildman–Crippen MR) is 106 cm³/mol. The lowest BCUT2D eigenvalue weighted by atomic mass is 10.1. The highest BCUT2D eigenvalue weighted by molar-refractivity contribution is 5.80. The van der Waals surface area contributed by atoms with Crippen LogP contribution in [0.1, 0.15) is 37.3 Å². The largest absolute Gasteiger partial charge is 0.496 e. The fraction of sp³-hybridized carbons (Fsp3) is 0.650. The number of nitrogens with zero attached hydrogens (tertiary/aromatic N) is 2. The summed E-state index contributed by atoms with van der Waals surface area (Å²) in [5.41, 5.74) is 2.50. The zero-order valence-electron chi connectivity index (χ0n) is 16.3. The summed E-state index contributed by atoms with van der Waals surface area (Å²) in [5.74, 6) is 1.86. The Bertz CT molecular complexity index is 551. The summed E-state index contributed by atoms with van der Waals surface area (Å²) in [5, 5.41) is 7.02. The van der Waals surface area contributed by atoms with Crippen LogP contribution >= 0.6 is 0 Å². The van der Waals surface area contributed by atoms with Crippen LogP contribution in [0.5, 0.6) is 5.75 Å². The molecule has 0 unspecified atom stereocenters. The highest BCUT2D eigenvalue weighted by Gasteiger charge is 2.19. The van der Waals surface area contributed by atoms with Crippen LogP contribution in [0, 0.1) is 6.92 Å². The van der Waals surface area contributed by atoms with E-state index >= 15 is 0 Å². The number of guanidine groups is 1. The van der Waals surface area contributed by atoms with Crippen molar-refractivity contribution in [2.45, 2.75) is 45.6 Å². The second-order valence-electron chi connectivity index (χ2n) is 6.82. The third-order valence-corrected chi connectivity index (χ3v) is 4.81. The molecule has 0 spiro atoms. The van der Waals surface area contributed by atoms with Crippen molar-refractivity contribution in [1.29, 1.82) is 0 Å². The number of ether oxygens (including phenoxy) is 1. The minimum atomic E-state index is 0.521. The Morgan fingerprint density at radius 2 is 2.08 bits per heavy atom. The highest BCUT2D eigenvalue weighted by atomic mass is 16.5. The molecule has 1 fully saturated rings. The molecule has 2 N–H and O–H groups in total. The molecule has 1 aliphatic rings. The van der Waals surface area contributed by atoms with E-state index in [0.29, 0.717) is 6.04 Å². The quantitative estimate of drug-likeness (QED) is 0.588. The molecule has 1 aliphatic heterocycles. The van der Waals surface area contributed by atoms with E-state index in [-0.39, 0.29) is 0 Å². The van der Waals surface area contributed by atoms with Crippen LogP contribution in [0.15, 0.2) is 23.2 Å². The molecule has 140 valence electrons. The monoisotopic (exact) mass is 346 g/mol. The third kappa shape index (κ3) is 6.24. The van der Waals surface area contributed by atoms with Gasteiger partial charge in [-0.2, -0.15) is 0 Å². The van der Waals surface area contributed by atoms with Gasteiger partial charge in [-0.1, -0.05) is 24.6 Å². The van der Waals surface area contributed by atoms with E-state index in [1.165, 1.54) is 50.0 Å². The van der Waals surface area contributed by atoms with Gasteiger partial charge in [0.15, 0.2) is 5.96 Å². The van der Waals surface area contributed by atoms with Gasteiger partial charge in [-0.15, -0.1) is 0 Å². The van der Waals surface area contributed by atoms with Crippen LogP contribution in [0.4, 0.5) is 0 Å². The Labute approximate surface area is 152 Å². The number of aliphatic imine (C=N–C) groups is 1. The Morgan fingerprint density at radius 1 is 1.32 bits per heavy atom. The summed E-state index contributed by atoms with van der Waals surface area (Å²) >= 11 is 0. The van der Waals surface area contributed by atoms with Crippen LogP contribution in [-0.2, 0) is 6.42 Å². The summed E-state index contributed by atoms with van der Waals surface area (Å²) in [6, 6.07) is 6.84. The van der Waals surface area contributed by atoms with Crippen LogP contribution in [0.25, 0.3) is 0 Å². The number of likely N-dealkylation sites (tertiary alicyclic amines) is 1. The first-order chi connectivity index (χ1) is 12.2. The predicted octanol–water partition coefficient (Wildman–Crippen LogP) is 2.59. The first-order valence-corrected chi connectivity index (χ1v) is 9.49. The number of hydrogen-bond acceptors (Lipinski definition) is 3. The number of nitrogens with one attached hydrogen (secondary N) is 2. The Morgan fingerprint density at radius 3 is 2.72 bits per heavy atom. The molecule has 0 saturated carbocycles. The molecular formula is C20H34N4O. The second kappa shape index (κ2) is 10.3. The highest BCUT2D eigenvalue weighted by Crippen LogP contribution is 2.19. The van der Waals surface area contributed by atoms with Crippen molar-refractivity contribution in [1.82, 2.24) is 15.5 Å². The third-order valence-electron chi connectivity index (χ3n) is 4.81. The fourth-order valence-electron chi connectivity index (χ4n) is 3.42. The van der Waals surface area contributed by atoms with Gasteiger partial charge in [-0.3, -0.25) is 4.99 Å². The van der Waals surface area contributed by atoms with Gasteiger partial charge in [0.1, 0.15) is 5.75 Å². The molecule has 5 nitrogen and oxygen atoms in total. The number of aryl methyl sites for hydroxylation is 1. The minimum absolute atomic E-state index is 0.521. The molecule has 1 aromatic rings. The Balaban J connectivity index is 1.77. The molecule has 5 heteroatoms. The molecule has 25 heavy (non-hydrogen) atoms. The number of hydrogen-bond donors (Lipinski definition) is 2. The SMILES string of the molecule is CCCN1CCC(NC(=NC)NCCc2cc(C)ccc2OC)CC1. The molecule has 0 bridgehead atoms. The Kier molecular flexibility index (Phi) is 8.06. The maximum atomic E-state index is 5.46. The summed E-state index contributed by atoms with van der Waals surface area (Å²) in [6.07, 6.45) is 4.53. The van der Waals surface area contributed by atoms with Crippen LogP contribution < -0.4 is 15.4 Å². The van der Waals surface area contributed by atoms with Crippen molar-refractivity contribution in [2.24, 2.45) is 4.99 Å². The van der Waals surface area contributed by atoms with Gasteiger partial charge in [0, 0.05) is 32.7 Å². The average Bonchev–Trinajstić information content (AvgIpc) is 2.63. The van der Waals surface area contributed by atoms with Crippen molar-refractivity contribution in [3.05, 3.63) is 29.3 Å². The van der Waals surface area contributed by atoms with Crippen molar-refractivity contribution in [3.63, 3.8) is 0 Å². The van der Waals surface area contributed by atoms with Gasteiger partial charge in [-0.25, -0.2) is 0 Å². The van der Waals surface area contributed by atoms with E-state index in [0.717, 1.165) is 24.7 Å². The van der Waals surface area contributed by atoms with Crippen molar-refractivity contribution in [2.75, 3.05) is 40.3 Å². The maximum absolute atomic E-state index is 5.46. The molecule has 1 aromatic carbocycles. The first-order valence-electron chi connectivity index (χ1n) is 9.49. The molecule has 1 saturated heterocycles. The topological polar surface area (TPSA) is 48.9 Å². The van der Waals surface area contributed by atoms with Crippen LogP contribution in [0.3, 0.4) is 0 Å². The van der Waals surface area contributed by atoms with E-state index in [1.807, 2.05) is 13.1 Å². The number of benzene rings is 1. The molecule has 0 aromatic heterocycles. The standard InChI is InChI=1S/C20H34N4O/c1-5-12-24-13-9-18(10-14-24)23-20(21-3)22-11-8-17-15-16(2)6-7-19(17)25-4/h6-7,15,18H,5,8-14H2,1-4H3,(H2,21,22,23). The zero-order chi connectivity index (χ0) is 18.1. The molecular weight excluding hydrogens is 312 g/mol. The summed E-state index contributed by atoms with van der Waals surface area (Å²) in [6.45, 7) is 8.79. The van der Waals surface area contributed by atoms with E-state index < -0.39 is 0 Å². The normalized spacial score (nSPS) is 16.7. The molecule has 0 amide bonds. The minimum Gasteiger partial charge on any atom is -0.496 e. The Hall–Kier alpha value is -1.75. The van der Waals surface area contributed by atoms with E-state index in [4.69, 9.17) is 4.74 Å². The van der Waals surface area contributed by atoms with E-state index in [9.17, 15) is 0 Å². The van der Waals surface area contributed by atoms with Crippen LogP contribution in [-0.4, -0.2) is 57.2 Å². The second-order valence-corrected chi connectivity index (χ2v) is 6.82. The van der Waals surface area contributed by atoms with Gasteiger partial charge in [0.2, 0.25) is 0 Å². The summed E-state index contributed by atoms with van der Waals surface area (Å²) < 4.78 is 5.46. The van der Waals surface area contributed by atoms with E-state index in [2.05, 4.69) is 46.5 Å². The molecule has 2 rings (SSSR count). The van der Waals surface area contributed by atoms with Crippen LogP contribution in [0.2, 0.25) is 0 Å². The van der Waals surface area contributed by atoms with Crippen molar-refractivity contribution < 1.29 is 4.74 Å². The van der Waals surface area contributed by atoms with Gasteiger partial charge >= 0.3 is 0 Å². The maximum Gasteiger partial charge on any atom is 0.191 e. The number of piperidine rings is 1. The lowest BCUT2D eigenvalue weighted by molar-refractivity contribution is 0.206. The summed E-state index contributed by atoms with van der Waals surface area (Å²) in [4.78, 5) is 6.93. The van der Waals surface area contributed by atoms with Gasteiger partial charge in [0.25, 0.3) is 0 Å². The molecule has 0 atom stereocenters. The molecule has 1 heterocycles. The fourth-order valence-corrected chi connectivity index (χ4v) is 3.42. The van der Waals surface area contributed by atoms with Crippen molar-refractivity contribution >= 4 is 5.96 Å². The molecule has 0 aliphatic carbocycles. The summed E-state index contributed by atoms with van der Waals surface area (Å²) in [7, 11) is 3.57. The van der Waals surface area contributed by atoms with Gasteiger partial charge in [0.05, 0.1) is 7.11 Å². The first kappa shape index (κ1) is 19.6. The van der Waals surface area contributed by atoms with Gasteiger partial charge < -0.3 is 20.3 Å². The van der Waals surface area contributed by atoms with Gasteiger partial charge in [-0.05, 0) is 50.8 Å². The number of rotatable bonds is 7. The lowest BCUT2D eigenvalue weighted by Gasteiger charge is -2.32. The van der Waals surface area contributed by atoms with E-state index in [1.54, 1.807) is 7.11 Å². The number of methoxy groups -OCH3 is 1.